The van der Waals surface area contributed by atoms with Crippen LogP contribution in [0.4, 0.5) is 5.69 Å². The highest BCUT2D eigenvalue weighted by Gasteiger charge is 2.00. The van der Waals surface area contributed by atoms with Gasteiger partial charge in [0.25, 0.3) is 5.56 Å². The van der Waals surface area contributed by atoms with Gasteiger partial charge in [0.2, 0.25) is 0 Å². The summed E-state index contributed by atoms with van der Waals surface area (Å²) in [6.07, 6.45) is 0.919. The van der Waals surface area contributed by atoms with Crippen molar-refractivity contribution in [3.63, 3.8) is 0 Å². The molecule has 0 bridgehead atoms. The van der Waals surface area contributed by atoms with Crippen molar-refractivity contribution in [2.45, 2.75) is 18.5 Å². The Labute approximate surface area is 110 Å². The molecule has 0 aliphatic rings. The minimum atomic E-state index is -0.0996. The number of thioether (sulfide) groups is 1. The minimum absolute atomic E-state index is 0.0996. The van der Waals surface area contributed by atoms with E-state index in [1.807, 2.05) is 31.2 Å². The average Bonchev–Trinajstić information content (AvgIpc) is 2.30. The zero-order chi connectivity index (χ0) is 13.0. The van der Waals surface area contributed by atoms with Crippen molar-refractivity contribution in [3.8, 4) is 0 Å². The molecule has 94 valence electrons. The number of aryl methyl sites for hydroxylation is 2. The first kappa shape index (κ1) is 12.7. The molecule has 0 aliphatic carbocycles. The number of nitrogens with zero attached hydrogens (tertiary/aromatic N) is 1. The molecule has 18 heavy (non-hydrogen) atoms. The number of benzene rings is 1. The molecule has 0 saturated heterocycles. The normalized spacial score (nSPS) is 10.5. The Hall–Kier alpha value is -1.75. The van der Waals surface area contributed by atoms with Crippen LogP contribution in [0.1, 0.15) is 11.3 Å². The number of rotatable bonds is 4. The van der Waals surface area contributed by atoms with Crippen LogP contribution in [0.2, 0.25) is 0 Å². The van der Waals surface area contributed by atoms with Crippen LogP contribution >= 0.6 is 11.8 Å². The molecule has 0 saturated carbocycles. The van der Waals surface area contributed by atoms with Crippen molar-refractivity contribution in [3.05, 3.63) is 51.9 Å². The van der Waals surface area contributed by atoms with E-state index in [1.165, 1.54) is 11.6 Å². The maximum absolute atomic E-state index is 11.3. The van der Waals surface area contributed by atoms with Gasteiger partial charge >= 0.3 is 0 Å². The lowest BCUT2D eigenvalue weighted by molar-refractivity contribution is 0.904. The summed E-state index contributed by atoms with van der Waals surface area (Å²) >= 11 is 1.55. The molecule has 0 fully saturated rings. The third kappa shape index (κ3) is 3.63. The van der Waals surface area contributed by atoms with Crippen LogP contribution in [-0.2, 0) is 6.42 Å². The molecular weight excluding hydrogens is 246 g/mol. The van der Waals surface area contributed by atoms with E-state index in [-0.39, 0.29) is 5.56 Å². The topological polar surface area (TPSA) is 71.8 Å². The van der Waals surface area contributed by atoms with E-state index in [1.54, 1.807) is 11.8 Å². The Morgan fingerprint density at radius 3 is 2.72 bits per heavy atom. The predicted molar refractivity (Wildman–Crippen MR) is 74.9 cm³/mol. The summed E-state index contributed by atoms with van der Waals surface area (Å²) in [4.78, 5) is 18.2. The van der Waals surface area contributed by atoms with Crippen LogP contribution in [0.5, 0.6) is 0 Å². The monoisotopic (exact) mass is 261 g/mol. The van der Waals surface area contributed by atoms with Gasteiger partial charge in [-0.1, -0.05) is 23.9 Å². The Bertz CT molecular complexity index is 578. The first-order valence-corrected chi connectivity index (χ1v) is 6.67. The second-order valence-corrected chi connectivity index (χ2v) is 5.12. The van der Waals surface area contributed by atoms with Crippen molar-refractivity contribution in [2.24, 2.45) is 0 Å². The van der Waals surface area contributed by atoms with Gasteiger partial charge in [0.05, 0.1) is 0 Å². The van der Waals surface area contributed by atoms with Gasteiger partial charge in [0, 0.05) is 23.2 Å². The van der Waals surface area contributed by atoms with Gasteiger partial charge in [-0.2, -0.15) is 0 Å². The molecule has 2 aromatic rings. The molecule has 0 spiro atoms. The quantitative estimate of drug-likeness (QED) is 0.501. The summed E-state index contributed by atoms with van der Waals surface area (Å²) in [7, 11) is 0. The lowest BCUT2D eigenvalue weighted by Gasteiger charge is -2.02. The number of anilines is 1. The number of aromatic nitrogens is 2. The van der Waals surface area contributed by atoms with Crippen LogP contribution in [0.25, 0.3) is 0 Å². The molecule has 0 amide bonds. The number of nitrogens with one attached hydrogen (secondary N) is 1. The van der Waals surface area contributed by atoms with E-state index in [9.17, 15) is 4.79 Å². The summed E-state index contributed by atoms with van der Waals surface area (Å²) in [5, 5.41) is 0.676. The smallest absolute Gasteiger partial charge is 0.251 e. The summed E-state index contributed by atoms with van der Waals surface area (Å²) < 4.78 is 0. The van der Waals surface area contributed by atoms with Crippen molar-refractivity contribution < 1.29 is 0 Å². The standard InChI is InChI=1S/C13H15N3OS/c1-9-8-12(17)16-13(15-9)18-7-6-10-2-4-11(14)5-3-10/h2-5,8H,6-7,14H2,1H3,(H,15,16,17). The van der Waals surface area contributed by atoms with Crippen molar-refractivity contribution in [2.75, 3.05) is 11.5 Å². The van der Waals surface area contributed by atoms with E-state index in [0.717, 1.165) is 23.6 Å². The first-order valence-electron chi connectivity index (χ1n) is 5.69. The van der Waals surface area contributed by atoms with E-state index < -0.39 is 0 Å². The van der Waals surface area contributed by atoms with E-state index >= 15 is 0 Å². The van der Waals surface area contributed by atoms with E-state index in [2.05, 4.69) is 9.97 Å². The summed E-state index contributed by atoms with van der Waals surface area (Å²) in [6.45, 7) is 1.82. The number of hydrogen-bond donors (Lipinski definition) is 2. The van der Waals surface area contributed by atoms with Gasteiger partial charge in [-0.3, -0.25) is 4.79 Å². The number of H-pyrrole nitrogens is 1. The third-order valence-electron chi connectivity index (χ3n) is 2.46. The summed E-state index contributed by atoms with van der Waals surface area (Å²) in [6, 6.07) is 9.31. The van der Waals surface area contributed by atoms with Crippen molar-refractivity contribution in [1.82, 2.24) is 9.97 Å². The average molecular weight is 261 g/mol. The Morgan fingerprint density at radius 2 is 2.06 bits per heavy atom. The fourth-order valence-electron chi connectivity index (χ4n) is 1.57. The lowest BCUT2D eigenvalue weighted by Crippen LogP contribution is -2.08. The van der Waals surface area contributed by atoms with Gasteiger partial charge in [-0.05, 0) is 31.0 Å². The van der Waals surface area contributed by atoms with Crippen molar-refractivity contribution in [1.29, 1.82) is 0 Å². The molecule has 3 N–H and O–H groups in total. The largest absolute Gasteiger partial charge is 0.399 e. The van der Waals surface area contributed by atoms with Gasteiger partial charge < -0.3 is 10.7 Å². The Kier molecular flexibility index (Phi) is 4.04. The van der Waals surface area contributed by atoms with Crippen LogP contribution in [0.3, 0.4) is 0 Å². The van der Waals surface area contributed by atoms with Gasteiger partial charge in [0.15, 0.2) is 5.16 Å². The maximum atomic E-state index is 11.3. The molecule has 4 nitrogen and oxygen atoms in total. The van der Waals surface area contributed by atoms with Gasteiger partial charge in [-0.15, -0.1) is 0 Å². The van der Waals surface area contributed by atoms with Crippen molar-refractivity contribution >= 4 is 17.4 Å². The van der Waals surface area contributed by atoms with Crippen LogP contribution in [0, 0.1) is 6.92 Å². The van der Waals surface area contributed by atoms with Crippen LogP contribution in [0.15, 0.2) is 40.3 Å². The van der Waals surface area contributed by atoms with E-state index in [0.29, 0.717) is 5.16 Å². The molecule has 0 aliphatic heterocycles. The zero-order valence-corrected chi connectivity index (χ0v) is 11.0. The molecular formula is C13H15N3OS. The molecule has 0 radical (unpaired) electrons. The fourth-order valence-corrected chi connectivity index (χ4v) is 2.48. The fraction of sp³-hybridized carbons (Fsp3) is 0.231. The molecule has 5 heteroatoms. The molecule has 0 atom stereocenters. The molecule has 0 unspecified atom stereocenters. The highest BCUT2D eigenvalue weighted by Crippen LogP contribution is 2.14. The van der Waals surface area contributed by atoms with Gasteiger partial charge in [-0.25, -0.2) is 4.98 Å². The number of aromatic amines is 1. The Balaban J connectivity index is 1.92. The molecule has 2 rings (SSSR count). The Morgan fingerprint density at radius 1 is 1.33 bits per heavy atom. The molecule has 1 aromatic heterocycles. The predicted octanol–water partition coefficient (Wildman–Crippen LogP) is 2.00. The summed E-state index contributed by atoms with van der Waals surface area (Å²) in [5.41, 5.74) is 8.27. The number of nitrogen functional groups attached to an aromatic ring is 1. The minimum Gasteiger partial charge on any atom is -0.399 e. The second kappa shape index (κ2) is 5.73. The third-order valence-corrected chi connectivity index (χ3v) is 3.33. The molecule has 1 aromatic carbocycles. The SMILES string of the molecule is Cc1cc(=O)[nH]c(SCCc2ccc(N)cc2)n1. The highest BCUT2D eigenvalue weighted by molar-refractivity contribution is 7.99. The van der Waals surface area contributed by atoms with Crippen LogP contribution < -0.4 is 11.3 Å². The lowest BCUT2D eigenvalue weighted by atomic mass is 10.2. The second-order valence-electron chi connectivity index (χ2n) is 4.03. The van der Waals surface area contributed by atoms with Gasteiger partial charge in [0.1, 0.15) is 0 Å². The highest BCUT2D eigenvalue weighted by atomic mass is 32.2. The maximum Gasteiger partial charge on any atom is 0.251 e. The van der Waals surface area contributed by atoms with E-state index in [4.69, 9.17) is 5.73 Å². The number of hydrogen-bond acceptors (Lipinski definition) is 4. The van der Waals surface area contributed by atoms with Crippen LogP contribution in [-0.4, -0.2) is 15.7 Å². The first-order chi connectivity index (χ1) is 8.63. The molecule has 1 heterocycles. The number of nitrogens with two attached hydrogens (primary N) is 1. The zero-order valence-electron chi connectivity index (χ0n) is 10.1. The summed E-state index contributed by atoms with van der Waals surface area (Å²) in [5.74, 6) is 0.871.